The molecule has 102 valence electrons. The predicted molar refractivity (Wildman–Crippen MR) is 78.5 cm³/mol. The van der Waals surface area contributed by atoms with E-state index in [1.165, 1.54) is 0 Å². The average Bonchev–Trinajstić information content (AvgIpc) is 3.24. The molecule has 1 aliphatic carbocycles. The Labute approximate surface area is 117 Å². The van der Waals surface area contributed by atoms with E-state index in [1.54, 1.807) is 24.3 Å². The summed E-state index contributed by atoms with van der Waals surface area (Å²) >= 11 is 0. The van der Waals surface area contributed by atoms with E-state index in [9.17, 15) is 9.90 Å². The molecular formula is C16H16N2O2. The maximum atomic E-state index is 12.5. The lowest BCUT2D eigenvalue weighted by Gasteiger charge is -2.16. The zero-order valence-corrected chi connectivity index (χ0v) is 11.0. The van der Waals surface area contributed by atoms with Crippen LogP contribution in [0, 0.1) is 0 Å². The van der Waals surface area contributed by atoms with Crippen molar-refractivity contribution in [3.05, 3.63) is 54.1 Å². The summed E-state index contributed by atoms with van der Waals surface area (Å²) in [5.74, 6) is -0.00210. The van der Waals surface area contributed by atoms with Crippen LogP contribution in [0.1, 0.15) is 18.4 Å². The highest BCUT2D eigenvalue weighted by molar-refractivity contribution is 6.02. The van der Waals surface area contributed by atoms with Gasteiger partial charge in [-0.3, -0.25) is 4.79 Å². The molecule has 4 nitrogen and oxygen atoms in total. The van der Waals surface area contributed by atoms with E-state index < -0.39 is 5.41 Å². The number of phenols is 1. The molecule has 1 saturated carbocycles. The van der Waals surface area contributed by atoms with Crippen molar-refractivity contribution in [2.24, 2.45) is 0 Å². The molecule has 20 heavy (non-hydrogen) atoms. The van der Waals surface area contributed by atoms with Crippen LogP contribution >= 0.6 is 0 Å². The van der Waals surface area contributed by atoms with Gasteiger partial charge < -0.3 is 16.2 Å². The number of carbonyl (C=O) groups is 1. The number of hydrogen-bond acceptors (Lipinski definition) is 3. The first kappa shape index (κ1) is 12.5. The van der Waals surface area contributed by atoms with Crippen molar-refractivity contribution in [1.29, 1.82) is 0 Å². The van der Waals surface area contributed by atoms with Crippen molar-refractivity contribution in [2.45, 2.75) is 18.3 Å². The normalized spacial score (nSPS) is 15.6. The van der Waals surface area contributed by atoms with Crippen molar-refractivity contribution in [1.82, 2.24) is 0 Å². The van der Waals surface area contributed by atoms with Crippen molar-refractivity contribution in [2.75, 3.05) is 11.1 Å². The summed E-state index contributed by atoms with van der Waals surface area (Å²) < 4.78 is 0. The summed E-state index contributed by atoms with van der Waals surface area (Å²) in [5.41, 5.74) is 7.30. The fourth-order valence-corrected chi connectivity index (χ4v) is 2.40. The first-order valence-electron chi connectivity index (χ1n) is 6.57. The number of anilines is 2. The van der Waals surface area contributed by atoms with E-state index >= 15 is 0 Å². The minimum atomic E-state index is -0.476. The number of carbonyl (C=O) groups excluding carboxylic acids is 1. The molecule has 0 radical (unpaired) electrons. The van der Waals surface area contributed by atoms with Crippen LogP contribution in [0.5, 0.6) is 5.75 Å². The van der Waals surface area contributed by atoms with Crippen LogP contribution in [-0.4, -0.2) is 11.0 Å². The molecule has 0 atom stereocenters. The number of benzene rings is 2. The van der Waals surface area contributed by atoms with Crippen LogP contribution in [-0.2, 0) is 10.2 Å². The molecule has 3 rings (SSSR count). The van der Waals surface area contributed by atoms with Crippen molar-refractivity contribution >= 4 is 17.3 Å². The van der Waals surface area contributed by atoms with Crippen LogP contribution in [0.4, 0.5) is 11.4 Å². The molecule has 0 unspecified atom stereocenters. The highest BCUT2D eigenvalue weighted by atomic mass is 16.3. The number of amides is 1. The quantitative estimate of drug-likeness (QED) is 0.591. The number of para-hydroxylation sites is 2. The first-order valence-corrected chi connectivity index (χ1v) is 6.57. The summed E-state index contributed by atoms with van der Waals surface area (Å²) in [5, 5.41) is 12.5. The number of nitrogens with two attached hydrogens (primary N) is 1. The molecule has 4 N–H and O–H groups in total. The lowest BCUT2D eigenvalue weighted by molar-refractivity contribution is -0.118. The van der Waals surface area contributed by atoms with Crippen LogP contribution in [0.3, 0.4) is 0 Å². The van der Waals surface area contributed by atoms with Gasteiger partial charge in [-0.1, -0.05) is 24.3 Å². The third-order valence-electron chi connectivity index (χ3n) is 3.80. The molecule has 0 aromatic heterocycles. The van der Waals surface area contributed by atoms with Crippen LogP contribution in [0.2, 0.25) is 0 Å². The van der Waals surface area contributed by atoms with Gasteiger partial charge in [-0.2, -0.15) is 0 Å². The Bertz CT molecular complexity index is 646. The molecule has 1 fully saturated rings. The minimum Gasteiger partial charge on any atom is -0.506 e. The maximum absolute atomic E-state index is 12.5. The van der Waals surface area contributed by atoms with E-state index in [2.05, 4.69) is 5.32 Å². The highest BCUT2D eigenvalue weighted by Gasteiger charge is 2.51. The van der Waals surface area contributed by atoms with E-state index in [0.29, 0.717) is 11.4 Å². The van der Waals surface area contributed by atoms with Gasteiger partial charge in [0.15, 0.2) is 0 Å². The second-order valence-electron chi connectivity index (χ2n) is 5.18. The van der Waals surface area contributed by atoms with Crippen molar-refractivity contribution in [3.8, 4) is 5.75 Å². The van der Waals surface area contributed by atoms with Crippen LogP contribution < -0.4 is 11.1 Å². The minimum absolute atomic E-state index is 0.0777. The van der Waals surface area contributed by atoms with Gasteiger partial charge in [0.05, 0.1) is 11.1 Å². The Morgan fingerprint density at radius 2 is 1.75 bits per heavy atom. The van der Waals surface area contributed by atoms with Gasteiger partial charge in [0.25, 0.3) is 0 Å². The molecular weight excluding hydrogens is 252 g/mol. The fraction of sp³-hybridized carbons (Fsp3) is 0.188. The largest absolute Gasteiger partial charge is 0.506 e. The van der Waals surface area contributed by atoms with Crippen molar-refractivity contribution < 1.29 is 9.90 Å². The zero-order chi connectivity index (χ0) is 14.2. The third-order valence-corrected chi connectivity index (χ3v) is 3.80. The number of aromatic hydroxyl groups is 1. The highest BCUT2D eigenvalue weighted by Crippen LogP contribution is 2.49. The van der Waals surface area contributed by atoms with Crippen LogP contribution in [0.25, 0.3) is 0 Å². The van der Waals surface area contributed by atoms with E-state index in [4.69, 9.17) is 5.73 Å². The molecule has 4 heteroatoms. The van der Waals surface area contributed by atoms with Gasteiger partial charge in [-0.15, -0.1) is 0 Å². The summed E-state index contributed by atoms with van der Waals surface area (Å²) in [6, 6.07) is 14.1. The standard InChI is InChI=1S/C16H16N2O2/c17-12-7-5-11(6-8-12)16(9-10-16)15(20)18-13-3-1-2-4-14(13)19/h1-8,19H,9-10,17H2,(H,18,20). The number of hydrogen-bond donors (Lipinski definition) is 3. The monoisotopic (exact) mass is 268 g/mol. The summed E-state index contributed by atoms with van der Waals surface area (Å²) in [6.45, 7) is 0. The Morgan fingerprint density at radius 1 is 1.10 bits per heavy atom. The maximum Gasteiger partial charge on any atom is 0.235 e. The Hall–Kier alpha value is -2.49. The number of rotatable bonds is 3. The SMILES string of the molecule is Nc1ccc(C2(C(=O)Nc3ccccc3O)CC2)cc1. The Balaban J connectivity index is 1.84. The summed E-state index contributed by atoms with van der Waals surface area (Å²) in [4.78, 5) is 12.5. The fourth-order valence-electron chi connectivity index (χ4n) is 2.40. The second kappa shape index (κ2) is 4.56. The lowest BCUT2D eigenvalue weighted by Crippen LogP contribution is -2.27. The molecule has 0 saturated heterocycles. The van der Waals surface area contributed by atoms with E-state index in [-0.39, 0.29) is 11.7 Å². The van der Waals surface area contributed by atoms with E-state index in [0.717, 1.165) is 18.4 Å². The van der Waals surface area contributed by atoms with E-state index in [1.807, 2.05) is 24.3 Å². The summed E-state index contributed by atoms with van der Waals surface area (Å²) in [7, 11) is 0. The topological polar surface area (TPSA) is 75.4 Å². The Kier molecular flexibility index (Phi) is 2.86. The van der Waals surface area contributed by atoms with Crippen molar-refractivity contribution in [3.63, 3.8) is 0 Å². The molecule has 2 aromatic carbocycles. The van der Waals surface area contributed by atoms with Gasteiger partial charge >= 0.3 is 0 Å². The predicted octanol–water partition coefficient (Wildman–Crippen LogP) is 2.64. The molecule has 0 spiro atoms. The molecule has 0 bridgehead atoms. The summed E-state index contributed by atoms with van der Waals surface area (Å²) in [6.07, 6.45) is 1.63. The third kappa shape index (κ3) is 2.09. The first-order chi connectivity index (χ1) is 9.62. The molecule has 2 aromatic rings. The number of nitrogens with one attached hydrogen (secondary N) is 1. The average molecular weight is 268 g/mol. The van der Waals surface area contributed by atoms with Gasteiger partial charge in [-0.05, 0) is 42.7 Å². The molecule has 1 aliphatic rings. The Morgan fingerprint density at radius 3 is 2.35 bits per heavy atom. The molecule has 1 amide bonds. The lowest BCUT2D eigenvalue weighted by atomic mass is 9.94. The molecule has 0 aliphatic heterocycles. The zero-order valence-electron chi connectivity index (χ0n) is 11.0. The van der Waals surface area contributed by atoms with Gasteiger partial charge in [0.2, 0.25) is 5.91 Å². The smallest absolute Gasteiger partial charge is 0.235 e. The molecule has 0 heterocycles. The van der Waals surface area contributed by atoms with Gasteiger partial charge in [0.1, 0.15) is 5.75 Å². The number of phenolic OH excluding ortho intramolecular Hbond substituents is 1. The second-order valence-corrected chi connectivity index (χ2v) is 5.18. The number of nitrogen functional groups attached to an aromatic ring is 1. The van der Waals surface area contributed by atoms with Gasteiger partial charge in [0, 0.05) is 5.69 Å². The van der Waals surface area contributed by atoms with Crippen LogP contribution in [0.15, 0.2) is 48.5 Å². The van der Waals surface area contributed by atoms with Gasteiger partial charge in [-0.25, -0.2) is 0 Å².